The lowest BCUT2D eigenvalue weighted by atomic mass is 9.99. The van der Waals surface area contributed by atoms with Crippen LogP contribution in [0.5, 0.6) is 0 Å². The lowest BCUT2D eigenvalue weighted by Crippen LogP contribution is -2.38. The van der Waals surface area contributed by atoms with E-state index in [1.54, 1.807) is 11.3 Å². The predicted molar refractivity (Wildman–Crippen MR) is 74.4 cm³/mol. The Balaban J connectivity index is 2.57. The summed E-state index contributed by atoms with van der Waals surface area (Å²) in [5.74, 6) is -0.0162. The molecule has 96 valence electrons. The minimum absolute atomic E-state index is 0.0162. The number of rotatable bonds is 6. The van der Waals surface area contributed by atoms with Crippen LogP contribution in [-0.2, 0) is 11.3 Å². The molecule has 1 amide bonds. The number of carbonyl (C=O) groups excluding carboxylic acids is 1. The van der Waals surface area contributed by atoms with E-state index >= 15 is 0 Å². The molecule has 0 unspecified atom stereocenters. The fourth-order valence-corrected chi connectivity index (χ4v) is 2.58. The Morgan fingerprint density at radius 1 is 1.47 bits per heavy atom. The molecule has 1 aromatic heterocycles. The number of hydrogen-bond acceptors (Lipinski definition) is 3. The summed E-state index contributed by atoms with van der Waals surface area (Å²) >= 11 is 1.67. The van der Waals surface area contributed by atoms with E-state index in [0.29, 0.717) is 0 Å². The first kappa shape index (κ1) is 14.2. The highest BCUT2D eigenvalue weighted by Crippen LogP contribution is 2.23. The molecule has 0 aliphatic heterocycles. The van der Waals surface area contributed by atoms with Crippen molar-refractivity contribution in [1.29, 1.82) is 0 Å². The smallest absolute Gasteiger partial charge is 0.221 e. The van der Waals surface area contributed by atoms with Gasteiger partial charge in [0.2, 0.25) is 5.91 Å². The van der Waals surface area contributed by atoms with E-state index in [0.717, 1.165) is 18.7 Å². The van der Waals surface area contributed by atoms with E-state index in [9.17, 15) is 4.79 Å². The summed E-state index contributed by atoms with van der Waals surface area (Å²) in [6.45, 7) is 8.96. The van der Waals surface area contributed by atoms with E-state index in [1.165, 1.54) is 18.2 Å². The summed E-state index contributed by atoms with van der Waals surface area (Å²) in [5.41, 5.74) is 1.08. The van der Waals surface area contributed by atoms with Gasteiger partial charge in [-0.25, -0.2) is 0 Å². The van der Waals surface area contributed by atoms with Crippen molar-refractivity contribution in [3.8, 4) is 0 Å². The molecule has 0 bridgehead atoms. The first-order valence-corrected chi connectivity index (χ1v) is 6.91. The SMILES string of the molecule is CCCC(C)(C)NCc1sccc1NC(C)=O. The number of hydrogen-bond donors (Lipinski definition) is 2. The highest BCUT2D eigenvalue weighted by Gasteiger charge is 2.16. The Labute approximate surface area is 108 Å². The number of anilines is 1. The van der Waals surface area contributed by atoms with Gasteiger partial charge in [-0.15, -0.1) is 11.3 Å². The molecular formula is C13H22N2OS. The Hall–Kier alpha value is -0.870. The third-order valence-corrected chi connectivity index (χ3v) is 3.58. The summed E-state index contributed by atoms with van der Waals surface area (Å²) in [5, 5.41) is 8.40. The van der Waals surface area contributed by atoms with E-state index in [1.807, 2.05) is 11.4 Å². The maximum absolute atomic E-state index is 11.0. The van der Waals surface area contributed by atoms with Crippen molar-refractivity contribution >= 4 is 22.9 Å². The first-order valence-electron chi connectivity index (χ1n) is 6.03. The molecule has 2 N–H and O–H groups in total. The molecule has 0 saturated heterocycles. The molecule has 4 heteroatoms. The molecule has 0 spiro atoms. The number of carbonyl (C=O) groups is 1. The van der Waals surface area contributed by atoms with Crippen LogP contribution in [0, 0.1) is 0 Å². The van der Waals surface area contributed by atoms with Gasteiger partial charge in [0.05, 0.1) is 5.69 Å². The average molecular weight is 254 g/mol. The van der Waals surface area contributed by atoms with Crippen LogP contribution in [0.25, 0.3) is 0 Å². The van der Waals surface area contributed by atoms with Crippen molar-refractivity contribution in [2.24, 2.45) is 0 Å². The van der Waals surface area contributed by atoms with Gasteiger partial charge in [-0.2, -0.15) is 0 Å². The molecular weight excluding hydrogens is 232 g/mol. The molecule has 0 atom stereocenters. The van der Waals surface area contributed by atoms with Crippen LogP contribution in [0.4, 0.5) is 5.69 Å². The fourth-order valence-electron chi connectivity index (χ4n) is 1.81. The Morgan fingerprint density at radius 2 is 2.18 bits per heavy atom. The van der Waals surface area contributed by atoms with Crippen molar-refractivity contribution in [2.75, 3.05) is 5.32 Å². The zero-order valence-corrected chi connectivity index (χ0v) is 11.9. The van der Waals surface area contributed by atoms with Crippen LogP contribution < -0.4 is 10.6 Å². The van der Waals surface area contributed by atoms with E-state index in [2.05, 4.69) is 31.4 Å². The Morgan fingerprint density at radius 3 is 2.76 bits per heavy atom. The van der Waals surface area contributed by atoms with Crippen LogP contribution in [0.1, 0.15) is 45.4 Å². The van der Waals surface area contributed by atoms with Gasteiger partial charge < -0.3 is 10.6 Å². The zero-order valence-electron chi connectivity index (χ0n) is 11.1. The maximum Gasteiger partial charge on any atom is 0.221 e. The molecule has 17 heavy (non-hydrogen) atoms. The van der Waals surface area contributed by atoms with Gasteiger partial charge in [0.25, 0.3) is 0 Å². The molecule has 0 fully saturated rings. The highest BCUT2D eigenvalue weighted by atomic mass is 32.1. The van der Waals surface area contributed by atoms with Crippen LogP contribution in [0.15, 0.2) is 11.4 Å². The second-order valence-corrected chi connectivity index (χ2v) is 5.93. The normalized spacial score (nSPS) is 11.5. The second kappa shape index (κ2) is 6.17. The monoisotopic (exact) mass is 254 g/mol. The van der Waals surface area contributed by atoms with Crippen molar-refractivity contribution in [1.82, 2.24) is 5.32 Å². The van der Waals surface area contributed by atoms with Gasteiger partial charge in [-0.3, -0.25) is 4.79 Å². The second-order valence-electron chi connectivity index (χ2n) is 4.93. The lowest BCUT2D eigenvalue weighted by molar-refractivity contribution is -0.114. The molecule has 0 saturated carbocycles. The third-order valence-electron chi connectivity index (χ3n) is 2.66. The first-order chi connectivity index (χ1) is 7.94. The van der Waals surface area contributed by atoms with Crippen molar-refractivity contribution in [2.45, 2.75) is 52.6 Å². The van der Waals surface area contributed by atoms with E-state index < -0.39 is 0 Å². The Bertz CT molecular complexity index is 371. The van der Waals surface area contributed by atoms with Crippen LogP contribution >= 0.6 is 11.3 Å². The molecule has 1 heterocycles. The predicted octanol–water partition coefficient (Wildman–Crippen LogP) is 3.37. The molecule has 1 aromatic rings. The quantitative estimate of drug-likeness (QED) is 0.817. The van der Waals surface area contributed by atoms with Gasteiger partial charge in [-0.05, 0) is 31.7 Å². The largest absolute Gasteiger partial charge is 0.325 e. The van der Waals surface area contributed by atoms with Crippen LogP contribution in [0.3, 0.4) is 0 Å². The van der Waals surface area contributed by atoms with Crippen molar-refractivity contribution in [3.05, 3.63) is 16.3 Å². The molecule has 0 aromatic carbocycles. The Kier molecular flexibility index (Phi) is 5.15. The van der Waals surface area contributed by atoms with Crippen LogP contribution in [0.2, 0.25) is 0 Å². The van der Waals surface area contributed by atoms with E-state index in [4.69, 9.17) is 0 Å². The molecule has 1 rings (SSSR count). The van der Waals surface area contributed by atoms with Gasteiger partial charge in [-0.1, -0.05) is 13.3 Å². The third kappa shape index (κ3) is 4.88. The molecule has 0 aliphatic carbocycles. The van der Waals surface area contributed by atoms with Crippen molar-refractivity contribution in [3.63, 3.8) is 0 Å². The standard InChI is InChI=1S/C13H22N2OS/c1-5-7-13(3,4)14-9-12-11(6-8-17-12)15-10(2)16/h6,8,14H,5,7,9H2,1-4H3,(H,15,16). The number of nitrogens with one attached hydrogen (secondary N) is 2. The minimum Gasteiger partial charge on any atom is -0.325 e. The zero-order chi connectivity index (χ0) is 12.9. The fraction of sp³-hybridized carbons (Fsp3) is 0.615. The summed E-state index contributed by atoms with van der Waals surface area (Å²) in [6.07, 6.45) is 2.32. The number of thiophene rings is 1. The maximum atomic E-state index is 11.0. The minimum atomic E-state index is -0.0162. The lowest BCUT2D eigenvalue weighted by Gasteiger charge is -2.25. The van der Waals surface area contributed by atoms with Crippen LogP contribution in [-0.4, -0.2) is 11.4 Å². The molecule has 0 aliphatic rings. The summed E-state index contributed by atoms with van der Waals surface area (Å²) in [7, 11) is 0. The molecule has 3 nitrogen and oxygen atoms in total. The highest BCUT2D eigenvalue weighted by molar-refractivity contribution is 7.10. The summed E-state index contributed by atoms with van der Waals surface area (Å²) in [6, 6.07) is 1.95. The van der Waals surface area contributed by atoms with Gasteiger partial charge >= 0.3 is 0 Å². The van der Waals surface area contributed by atoms with E-state index in [-0.39, 0.29) is 11.4 Å². The topological polar surface area (TPSA) is 41.1 Å². The van der Waals surface area contributed by atoms with Crippen molar-refractivity contribution < 1.29 is 4.79 Å². The summed E-state index contributed by atoms with van der Waals surface area (Å²) in [4.78, 5) is 12.2. The number of amides is 1. The van der Waals surface area contributed by atoms with Gasteiger partial charge in [0, 0.05) is 23.9 Å². The van der Waals surface area contributed by atoms with Gasteiger partial charge in [0.15, 0.2) is 0 Å². The van der Waals surface area contributed by atoms with Gasteiger partial charge in [0.1, 0.15) is 0 Å². The molecule has 0 radical (unpaired) electrons. The summed E-state index contributed by atoms with van der Waals surface area (Å²) < 4.78 is 0. The average Bonchev–Trinajstić information content (AvgIpc) is 2.61.